The summed E-state index contributed by atoms with van der Waals surface area (Å²) in [6.07, 6.45) is 0. The topological polar surface area (TPSA) is 37.8 Å². The van der Waals surface area contributed by atoms with Gasteiger partial charge in [-0.3, -0.25) is 0 Å². The van der Waals surface area contributed by atoms with Gasteiger partial charge >= 0.3 is 0 Å². The third-order valence-electron chi connectivity index (χ3n) is 2.22. The molecular weight excluding hydrogens is 345 g/mol. The van der Waals surface area contributed by atoms with Crippen LogP contribution in [0.4, 0.5) is 0 Å². The van der Waals surface area contributed by atoms with Crippen LogP contribution >= 0.6 is 33.9 Å². The highest BCUT2D eigenvalue weighted by molar-refractivity contribution is 14.1. The molecule has 2 rings (SSSR count). The fraction of sp³-hybridized carbons (Fsp3) is 0.333. The summed E-state index contributed by atoms with van der Waals surface area (Å²) >= 11 is 3.95. The van der Waals surface area contributed by atoms with E-state index in [9.17, 15) is 0 Å². The van der Waals surface area contributed by atoms with Crippen molar-refractivity contribution >= 4 is 33.9 Å². The average molecular weight is 359 g/mol. The molecule has 0 fully saturated rings. The number of rotatable bonds is 4. The largest absolute Gasteiger partial charge is 0.308 e. The SMILES string of the molecule is CC(C)NCc1nnc(-c2ccc(I)cc2)s1. The summed E-state index contributed by atoms with van der Waals surface area (Å²) in [5, 5.41) is 13.8. The van der Waals surface area contributed by atoms with E-state index >= 15 is 0 Å². The molecular formula is C12H14IN3S. The quantitative estimate of drug-likeness (QED) is 0.852. The van der Waals surface area contributed by atoms with Crippen LogP contribution in [-0.4, -0.2) is 16.2 Å². The molecule has 0 aliphatic heterocycles. The van der Waals surface area contributed by atoms with Crippen LogP contribution in [0.3, 0.4) is 0 Å². The summed E-state index contributed by atoms with van der Waals surface area (Å²) in [4.78, 5) is 0. The molecule has 0 radical (unpaired) electrons. The first-order chi connectivity index (χ1) is 8.15. The Morgan fingerprint density at radius 2 is 1.94 bits per heavy atom. The molecule has 1 aromatic heterocycles. The van der Waals surface area contributed by atoms with Crippen LogP contribution in [0.25, 0.3) is 10.6 Å². The van der Waals surface area contributed by atoms with Gasteiger partial charge in [-0.05, 0) is 34.7 Å². The van der Waals surface area contributed by atoms with Gasteiger partial charge in [-0.1, -0.05) is 37.3 Å². The van der Waals surface area contributed by atoms with Gasteiger partial charge in [0.2, 0.25) is 0 Å². The van der Waals surface area contributed by atoms with Crippen molar-refractivity contribution in [3.05, 3.63) is 32.8 Å². The molecule has 3 nitrogen and oxygen atoms in total. The maximum absolute atomic E-state index is 4.22. The highest BCUT2D eigenvalue weighted by Crippen LogP contribution is 2.24. The van der Waals surface area contributed by atoms with Crippen molar-refractivity contribution in [3.8, 4) is 10.6 Å². The Hall–Kier alpha value is -0.530. The number of benzene rings is 1. The average Bonchev–Trinajstić information content (AvgIpc) is 2.76. The van der Waals surface area contributed by atoms with Crippen LogP contribution in [0.2, 0.25) is 0 Å². The zero-order chi connectivity index (χ0) is 12.3. The summed E-state index contributed by atoms with van der Waals surface area (Å²) in [6.45, 7) is 5.04. The van der Waals surface area contributed by atoms with Crippen LogP contribution in [0.15, 0.2) is 24.3 Å². The van der Waals surface area contributed by atoms with Crippen molar-refractivity contribution in [2.24, 2.45) is 0 Å². The van der Waals surface area contributed by atoms with Crippen molar-refractivity contribution in [3.63, 3.8) is 0 Å². The zero-order valence-corrected chi connectivity index (χ0v) is 12.7. The van der Waals surface area contributed by atoms with Crippen molar-refractivity contribution < 1.29 is 0 Å². The Kier molecular flexibility index (Phi) is 4.47. The Balaban J connectivity index is 2.10. The lowest BCUT2D eigenvalue weighted by Gasteiger charge is -2.03. The zero-order valence-electron chi connectivity index (χ0n) is 9.77. The molecule has 90 valence electrons. The molecule has 0 spiro atoms. The summed E-state index contributed by atoms with van der Waals surface area (Å²) in [6, 6.07) is 8.82. The standard InChI is InChI=1S/C12H14IN3S/c1-8(2)14-7-11-15-16-12(17-11)9-3-5-10(13)6-4-9/h3-6,8,14H,7H2,1-2H3. The van der Waals surface area contributed by atoms with Crippen LogP contribution in [-0.2, 0) is 6.54 Å². The van der Waals surface area contributed by atoms with Gasteiger partial charge in [0.25, 0.3) is 0 Å². The normalized spacial score (nSPS) is 11.1. The van der Waals surface area contributed by atoms with Crippen LogP contribution in [0, 0.1) is 3.57 Å². The van der Waals surface area contributed by atoms with Gasteiger partial charge in [0.1, 0.15) is 10.0 Å². The summed E-state index contributed by atoms with van der Waals surface area (Å²) in [5.74, 6) is 0. The van der Waals surface area contributed by atoms with Crippen molar-refractivity contribution in [2.45, 2.75) is 26.4 Å². The third-order valence-corrected chi connectivity index (χ3v) is 3.91. The van der Waals surface area contributed by atoms with Crippen molar-refractivity contribution in [1.29, 1.82) is 0 Å². The molecule has 0 saturated carbocycles. The summed E-state index contributed by atoms with van der Waals surface area (Å²) in [7, 11) is 0. The van der Waals surface area contributed by atoms with Gasteiger partial charge in [-0.2, -0.15) is 0 Å². The first-order valence-electron chi connectivity index (χ1n) is 5.47. The molecule has 1 heterocycles. The second-order valence-electron chi connectivity index (χ2n) is 4.04. The van der Waals surface area contributed by atoms with E-state index in [1.165, 1.54) is 3.57 Å². The minimum absolute atomic E-state index is 0.473. The number of hydrogen-bond donors (Lipinski definition) is 1. The van der Waals surface area contributed by atoms with E-state index in [0.29, 0.717) is 6.04 Å². The maximum Gasteiger partial charge on any atom is 0.147 e. The number of nitrogens with one attached hydrogen (secondary N) is 1. The molecule has 0 amide bonds. The second-order valence-corrected chi connectivity index (χ2v) is 6.35. The van der Waals surface area contributed by atoms with Crippen LogP contribution < -0.4 is 5.32 Å². The Morgan fingerprint density at radius 3 is 2.59 bits per heavy atom. The minimum atomic E-state index is 0.473. The van der Waals surface area contributed by atoms with Gasteiger partial charge in [0.15, 0.2) is 0 Å². The van der Waals surface area contributed by atoms with Crippen LogP contribution in [0.1, 0.15) is 18.9 Å². The van der Waals surface area contributed by atoms with E-state index in [-0.39, 0.29) is 0 Å². The van der Waals surface area contributed by atoms with Gasteiger partial charge in [0.05, 0.1) is 0 Å². The number of nitrogens with zero attached hydrogens (tertiary/aromatic N) is 2. The van der Waals surface area contributed by atoms with Gasteiger partial charge in [-0.25, -0.2) is 0 Å². The first-order valence-corrected chi connectivity index (χ1v) is 7.36. The smallest absolute Gasteiger partial charge is 0.147 e. The van der Waals surface area contributed by atoms with E-state index in [1.807, 2.05) is 0 Å². The first kappa shape index (κ1) is 12.9. The number of aromatic nitrogens is 2. The molecule has 0 unspecified atom stereocenters. The van der Waals surface area contributed by atoms with Crippen LogP contribution in [0.5, 0.6) is 0 Å². The van der Waals surface area contributed by atoms with Crippen molar-refractivity contribution in [2.75, 3.05) is 0 Å². The van der Waals surface area contributed by atoms with Gasteiger partial charge < -0.3 is 5.32 Å². The molecule has 0 aliphatic rings. The van der Waals surface area contributed by atoms with Gasteiger partial charge in [0, 0.05) is 21.7 Å². The number of hydrogen-bond acceptors (Lipinski definition) is 4. The maximum atomic E-state index is 4.22. The van der Waals surface area contributed by atoms with E-state index in [2.05, 4.69) is 76.2 Å². The Morgan fingerprint density at radius 1 is 1.24 bits per heavy atom. The fourth-order valence-corrected chi connectivity index (χ4v) is 2.48. The Bertz CT molecular complexity index is 479. The lowest BCUT2D eigenvalue weighted by molar-refractivity contribution is 0.585. The lowest BCUT2D eigenvalue weighted by Crippen LogP contribution is -2.21. The molecule has 1 N–H and O–H groups in total. The lowest BCUT2D eigenvalue weighted by atomic mass is 10.2. The second kappa shape index (κ2) is 5.88. The van der Waals surface area contributed by atoms with Crippen molar-refractivity contribution in [1.82, 2.24) is 15.5 Å². The van der Waals surface area contributed by atoms with E-state index in [4.69, 9.17) is 0 Å². The highest BCUT2D eigenvalue weighted by atomic mass is 127. The monoisotopic (exact) mass is 359 g/mol. The minimum Gasteiger partial charge on any atom is -0.308 e. The van der Waals surface area contributed by atoms with E-state index in [1.54, 1.807) is 11.3 Å². The molecule has 2 aromatic rings. The predicted octanol–water partition coefficient (Wildman–Crippen LogP) is 3.31. The molecule has 0 bridgehead atoms. The molecule has 0 atom stereocenters. The molecule has 0 saturated heterocycles. The van der Waals surface area contributed by atoms with E-state index < -0.39 is 0 Å². The summed E-state index contributed by atoms with van der Waals surface area (Å²) < 4.78 is 1.23. The molecule has 17 heavy (non-hydrogen) atoms. The predicted molar refractivity (Wildman–Crippen MR) is 80.0 cm³/mol. The fourth-order valence-electron chi connectivity index (χ4n) is 1.33. The molecule has 5 heteroatoms. The van der Waals surface area contributed by atoms with E-state index in [0.717, 1.165) is 22.1 Å². The highest BCUT2D eigenvalue weighted by Gasteiger charge is 2.06. The molecule has 1 aromatic carbocycles. The third kappa shape index (κ3) is 3.72. The summed E-state index contributed by atoms with van der Waals surface area (Å²) in [5.41, 5.74) is 1.14. The number of halogens is 1. The van der Waals surface area contributed by atoms with Gasteiger partial charge in [-0.15, -0.1) is 10.2 Å². The Labute approximate surface area is 119 Å². The molecule has 0 aliphatic carbocycles.